The van der Waals surface area contributed by atoms with Gasteiger partial charge in [0.05, 0.1) is 17.5 Å². The number of thiophene rings is 1. The lowest BCUT2D eigenvalue weighted by Crippen LogP contribution is -2.53. The Bertz CT molecular complexity index is 2170. The molecule has 0 bridgehead atoms. The van der Waals surface area contributed by atoms with Crippen LogP contribution in [0.25, 0.3) is 21.5 Å². The van der Waals surface area contributed by atoms with E-state index < -0.39 is 41.0 Å². The van der Waals surface area contributed by atoms with Gasteiger partial charge in [0.15, 0.2) is 0 Å². The topological polar surface area (TPSA) is 114 Å². The quantitative estimate of drug-likeness (QED) is 0.212. The minimum atomic E-state index is -4.68. The molecule has 272 valence electrons. The summed E-state index contributed by atoms with van der Waals surface area (Å²) >= 11 is 0.778. The van der Waals surface area contributed by atoms with Gasteiger partial charge in [0.2, 0.25) is 5.91 Å². The summed E-state index contributed by atoms with van der Waals surface area (Å²) in [5, 5.41) is 12.0. The van der Waals surface area contributed by atoms with E-state index in [1.165, 1.54) is 21.9 Å². The van der Waals surface area contributed by atoms with E-state index in [0.29, 0.717) is 24.0 Å². The Labute approximate surface area is 300 Å². The van der Waals surface area contributed by atoms with Gasteiger partial charge in [0, 0.05) is 61.8 Å². The number of rotatable bonds is 7. The van der Waals surface area contributed by atoms with Crippen molar-refractivity contribution in [3.05, 3.63) is 106 Å². The Morgan fingerprint density at radius 2 is 1.75 bits per heavy atom. The number of carbonyl (C=O) groups excluding carboxylic acids is 2. The minimum Gasteiger partial charge on any atom is -0.388 e. The summed E-state index contributed by atoms with van der Waals surface area (Å²) in [6.07, 6.45) is 0.411. The van der Waals surface area contributed by atoms with Gasteiger partial charge in [-0.3, -0.25) is 23.9 Å². The van der Waals surface area contributed by atoms with Crippen molar-refractivity contribution in [2.75, 3.05) is 26.2 Å². The van der Waals surface area contributed by atoms with E-state index in [2.05, 4.69) is 9.97 Å². The number of pyridine rings is 1. The number of likely N-dealkylation sites (tertiary alicyclic amines) is 2. The van der Waals surface area contributed by atoms with Crippen molar-refractivity contribution in [3.8, 4) is 10.4 Å². The van der Waals surface area contributed by atoms with Gasteiger partial charge in [0.1, 0.15) is 28.4 Å². The van der Waals surface area contributed by atoms with E-state index in [0.717, 1.165) is 35.2 Å². The third-order valence-corrected chi connectivity index (χ3v) is 11.4. The number of fused-ring (bicyclic) bond motifs is 1. The fourth-order valence-corrected chi connectivity index (χ4v) is 8.34. The molecule has 2 aliphatic rings. The van der Waals surface area contributed by atoms with Crippen molar-refractivity contribution in [1.29, 1.82) is 0 Å². The number of nitrogens with zero attached hydrogens (tertiary/aromatic N) is 6. The second-order valence-corrected chi connectivity index (χ2v) is 14.5. The van der Waals surface area contributed by atoms with E-state index in [9.17, 15) is 32.7 Å². The van der Waals surface area contributed by atoms with Crippen LogP contribution in [0.5, 0.6) is 0 Å². The second-order valence-electron chi connectivity index (χ2n) is 13.4. The molecule has 6 heterocycles. The van der Waals surface area contributed by atoms with E-state index in [4.69, 9.17) is 0 Å². The van der Waals surface area contributed by atoms with Crippen LogP contribution in [0.1, 0.15) is 53.0 Å². The van der Waals surface area contributed by atoms with E-state index >= 15 is 4.39 Å². The molecule has 0 spiro atoms. The maximum absolute atomic E-state index is 15.2. The Morgan fingerprint density at radius 1 is 1.00 bits per heavy atom. The molecule has 10 nitrogen and oxygen atoms in total. The summed E-state index contributed by atoms with van der Waals surface area (Å²) in [5.41, 5.74) is -1.03. The Kier molecular flexibility index (Phi) is 9.50. The summed E-state index contributed by atoms with van der Waals surface area (Å²) in [6, 6.07) is 14.3. The number of hydrogen-bond donors (Lipinski definition) is 1. The molecule has 7 rings (SSSR count). The maximum Gasteiger partial charge on any atom is 0.433 e. The molecule has 15 heteroatoms. The third-order valence-electron chi connectivity index (χ3n) is 10.2. The predicted octanol–water partition coefficient (Wildman–Crippen LogP) is 5.80. The lowest BCUT2D eigenvalue weighted by molar-refractivity contribution is -0.142. The first-order valence-corrected chi connectivity index (χ1v) is 17.9. The van der Waals surface area contributed by atoms with Crippen LogP contribution in [0.2, 0.25) is 0 Å². The molecule has 2 atom stereocenters. The van der Waals surface area contributed by atoms with Gasteiger partial charge in [-0.05, 0) is 61.6 Å². The van der Waals surface area contributed by atoms with Crippen LogP contribution < -0.4 is 5.56 Å². The average molecular weight is 737 g/mol. The Morgan fingerprint density at radius 3 is 2.46 bits per heavy atom. The lowest BCUT2D eigenvalue weighted by atomic mass is 9.79. The van der Waals surface area contributed by atoms with Gasteiger partial charge in [-0.15, -0.1) is 11.3 Å². The molecule has 5 aromatic rings. The normalized spacial score (nSPS) is 19.3. The number of halogens is 4. The van der Waals surface area contributed by atoms with Crippen LogP contribution >= 0.6 is 11.3 Å². The van der Waals surface area contributed by atoms with Crippen molar-refractivity contribution in [2.45, 2.75) is 57.0 Å². The molecule has 1 aromatic carbocycles. The van der Waals surface area contributed by atoms with E-state index in [1.54, 1.807) is 11.0 Å². The SMILES string of the molecule is CCn1ccc2c(=O)n(CC3(O)CCN(C(=O)[C@@H]4CCN(C(=O)c5sc(-c6ccnc(C(F)(F)F)c6)cc5F)C[C@H]4c4ccccc4)CC3)cnc21. The number of aromatic nitrogens is 4. The number of alkyl halides is 3. The van der Waals surface area contributed by atoms with Gasteiger partial charge in [-0.1, -0.05) is 30.3 Å². The second kappa shape index (κ2) is 13.9. The van der Waals surface area contributed by atoms with Gasteiger partial charge in [-0.2, -0.15) is 13.2 Å². The zero-order valence-corrected chi connectivity index (χ0v) is 29.0. The first-order chi connectivity index (χ1) is 24.8. The molecule has 2 amide bonds. The summed E-state index contributed by atoms with van der Waals surface area (Å²) in [7, 11) is 0. The van der Waals surface area contributed by atoms with Crippen LogP contribution in [0.3, 0.4) is 0 Å². The van der Waals surface area contributed by atoms with Gasteiger partial charge in [-0.25, -0.2) is 9.37 Å². The molecule has 0 radical (unpaired) electrons. The van der Waals surface area contributed by atoms with Gasteiger partial charge < -0.3 is 19.5 Å². The Hall–Kier alpha value is -4.89. The van der Waals surface area contributed by atoms with Crippen LogP contribution in [-0.4, -0.2) is 77.6 Å². The summed E-state index contributed by atoms with van der Waals surface area (Å²) < 4.78 is 58.3. The zero-order chi connectivity index (χ0) is 36.8. The largest absolute Gasteiger partial charge is 0.433 e. The van der Waals surface area contributed by atoms with Crippen molar-refractivity contribution in [1.82, 2.24) is 28.9 Å². The van der Waals surface area contributed by atoms with Crippen molar-refractivity contribution in [3.63, 3.8) is 0 Å². The molecular weight excluding hydrogens is 701 g/mol. The molecule has 52 heavy (non-hydrogen) atoms. The van der Waals surface area contributed by atoms with Crippen LogP contribution in [0.15, 0.2) is 78.1 Å². The predicted molar refractivity (Wildman–Crippen MR) is 186 cm³/mol. The monoisotopic (exact) mass is 736 g/mol. The number of aliphatic hydroxyl groups is 1. The number of amides is 2. The Balaban J connectivity index is 1.05. The average Bonchev–Trinajstić information content (AvgIpc) is 3.76. The van der Waals surface area contributed by atoms with Gasteiger partial charge in [0.25, 0.3) is 11.5 Å². The molecule has 2 fully saturated rings. The smallest absolute Gasteiger partial charge is 0.388 e. The number of carbonyl (C=O) groups is 2. The van der Waals surface area contributed by atoms with Crippen LogP contribution in [0, 0.1) is 11.7 Å². The van der Waals surface area contributed by atoms with Crippen LogP contribution in [0.4, 0.5) is 17.6 Å². The molecule has 2 saturated heterocycles. The van der Waals surface area contributed by atoms with E-state index in [1.807, 2.05) is 48.0 Å². The van der Waals surface area contributed by atoms with Gasteiger partial charge >= 0.3 is 6.18 Å². The molecule has 0 unspecified atom stereocenters. The molecule has 1 N–H and O–H groups in total. The summed E-state index contributed by atoms with van der Waals surface area (Å²) in [5.74, 6) is -2.43. The molecule has 0 saturated carbocycles. The molecule has 4 aromatic heterocycles. The highest BCUT2D eigenvalue weighted by atomic mass is 32.1. The van der Waals surface area contributed by atoms with Crippen LogP contribution in [-0.2, 0) is 24.1 Å². The van der Waals surface area contributed by atoms with Crippen molar-refractivity contribution in [2.24, 2.45) is 5.92 Å². The highest BCUT2D eigenvalue weighted by Crippen LogP contribution is 2.39. The van der Waals surface area contributed by atoms with Crippen molar-refractivity contribution < 1.29 is 32.3 Å². The molecular formula is C37H36F4N6O4S. The van der Waals surface area contributed by atoms with Crippen molar-refractivity contribution >= 4 is 34.2 Å². The maximum atomic E-state index is 15.2. The molecule has 0 aliphatic carbocycles. The first-order valence-electron chi connectivity index (χ1n) is 17.1. The highest BCUT2D eigenvalue weighted by Gasteiger charge is 2.42. The first kappa shape index (κ1) is 35.5. The summed E-state index contributed by atoms with van der Waals surface area (Å²) in [6.45, 7) is 3.55. The fraction of sp³-hybridized carbons (Fsp3) is 0.378. The minimum absolute atomic E-state index is 0.0485. The summed E-state index contributed by atoms with van der Waals surface area (Å²) in [4.78, 5) is 52.0. The number of piperidine rings is 2. The number of aryl methyl sites for hydroxylation is 1. The fourth-order valence-electron chi connectivity index (χ4n) is 7.34. The van der Waals surface area contributed by atoms with E-state index in [-0.39, 0.29) is 72.3 Å². The number of benzene rings is 1. The molecule has 2 aliphatic heterocycles. The highest BCUT2D eigenvalue weighted by molar-refractivity contribution is 7.17. The lowest BCUT2D eigenvalue weighted by Gasteiger charge is -2.43. The standard InChI is InChI=1S/C37H36F4N6O4S/c1-2-44-14-10-26-32(44)43-22-47(34(26)49)21-36(51)11-16-45(17-12-36)33(48)25-9-15-46(20-27(25)23-6-4-3-5-7-23)35(50)31-28(38)19-29(52-31)24-8-13-42-30(18-24)37(39,40)41/h3-8,10,13-14,18-19,22,25,27,51H,2,9,11-12,15-17,20-21H2,1H3/t25-,27+/m1/s1. The zero-order valence-electron chi connectivity index (χ0n) is 28.2. The third kappa shape index (κ3) is 6.86. The number of hydrogen-bond acceptors (Lipinski definition) is 7.